The van der Waals surface area contributed by atoms with Gasteiger partial charge in [-0.25, -0.2) is 0 Å². The summed E-state index contributed by atoms with van der Waals surface area (Å²) < 4.78 is 0. The largest absolute Gasteiger partial charge is 0.369 e. The lowest BCUT2D eigenvalue weighted by Gasteiger charge is -2.37. The molecular weight excluding hydrogens is 208 g/mol. The Bertz CT molecular complexity index is 373. The fourth-order valence-corrected chi connectivity index (χ4v) is 2.85. The van der Waals surface area contributed by atoms with Crippen molar-refractivity contribution in [1.29, 1.82) is 0 Å². The van der Waals surface area contributed by atoms with Crippen LogP contribution in [0.4, 0.5) is 5.69 Å². The number of nitrogens with zero attached hydrogens (tertiary/aromatic N) is 1. The Balaban J connectivity index is 2.23. The van der Waals surface area contributed by atoms with Crippen LogP contribution in [0.5, 0.6) is 0 Å². The SMILES string of the molecule is CCC1CCCCN1c1ccc(CN)c(C)c1. The van der Waals surface area contributed by atoms with Gasteiger partial charge in [0.15, 0.2) is 0 Å². The lowest BCUT2D eigenvalue weighted by Crippen LogP contribution is -2.39. The first-order valence-electron chi connectivity index (χ1n) is 6.82. The summed E-state index contributed by atoms with van der Waals surface area (Å²) in [7, 11) is 0. The number of benzene rings is 1. The molecule has 0 spiro atoms. The lowest BCUT2D eigenvalue weighted by atomic mass is 9.98. The quantitative estimate of drug-likeness (QED) is 0.867. The molecule has 0 aliphatic carbocycles. The van der Waals surface area contributed by atoms with Crippen LogP contribution in [0.2, 0.25) is 0 Å². The van der Waals surface area contributed by atoms with E-state index in [1.807, 2.05) is 0 Å². The molecule has 2 nitrogen and oxygen atoms in total. The van der Waals surface area contributed by atoms with Crippen molar-refractivity contribution in [3.63, 3.8) is 0 Å². The minimum atomic E-state index is 0.642. The summed E-state index contributed by atoms with van der Waals surface area (Å²) in [5, 5.41) is 0. The molecule has 0 aromatic heterocycles. The summed E-state index contributed by atoms with van der Waals surface area (Å²) in [6.45, 7) is 6.31. The number of aryl methyl sites for hydroxylation is 1. The molecule has 1 aliphatic heterocycles. The maximum absolute atomic E-state index is 5.72. The predicted molar refractivity (Wildman–Crippen MR) is 74.3 cm³/mol. The zero-order chi connectivity index (χ0) is 12.3. The van der Waals surface area contributed by atoms with Gasteiger partial charge >= 0.3 is 0 Å². The molecular formula is C15H24N2. The molecule has 94 valence electrons. The Morgan fingerprint density at radius 1 is 1.35 bits per heavy atom. The van der Waals surface area contributed by atoms with E-state index in [1.165, 1.54) is 49.0 Å². The second-order valence-corrected chi connectivity index (χ2v) is 5.07. The van der Waals surface area contributed by atoms with Crippen LogP contribution in [0.1, 0.15) is 43.7 Å². The first kappa shape index (κ1) is 12.4. The lowest BCUT2D eigenvalue weighted by molar-refractivity contribution is 0.450. The molecule has 1 heterocycles. The second kappa shape index (κ2) is 5.54. The van der Waals surface area contributed by atoms with E-state index in [1.54, 1.807) is 0 Å². The highest BCUT2D eigenvalue weighted by Gasteiger charge is 2.21. The van der Waals surface area contributed by atoms with Crippen LogP contribution in [-0.2, 0) is 6.54 Å². The Hall–Kier alpha value is -1.02. The first-order chi connectivity index (χ1) is 8.26. The van der Waals surface area contributed by atoms with E-state index in [4.69, 9.17) is 5.73 Å². The van der Waals surface area contributed by atoms with E-state index >= 15 is 0 Å². The standard InChI is InChI=1S/C15H24N2/c1-3-14-6-4-5-9-17(14)15-8-7-13(11-16)12(2)10-15/h7-8,10,14H,3-6,9,11,16H2,1-2H3. The van der Waals surface area contributed by atoms with Gasteiger partial charge in [0, 0.05) is 24.8 Å². The van der Waals surface area contributed by atoms with Gasteiger partial charge in [-0.15, -0.1) is 0 Å². The van der Waals surface area contributed by atoms with Gasteiger partial charge in [-0.05, 0) is 55.9 Å². The molecule has 1 fully saturated rings. The van der Waals surface area contributed by atoms with Crippen LogP contribution in [0.3, 0.4) is 0 Å². The predicted octanol–water partition coefficient (Wildman–Crippen LogP) is 3.22. The van der Waals surface area contributed by atoms with E-state index in [0.717, 1.165) is 6.04 Å². The van der Waals surface area contributed by atoms with Gasteiger partial charge < -0.3 is 10.6 Å². The maximum atomic E-state index is 5.72. The average molecular weight is 232 g/mol. The van der Waals surface area contributed by atoms with Crippen molar-refractivity contribution in [2.75, 3.05) is 11.4 Å². The molecule has 0 bridgehead atoms. The Morgan fingerprint density at radius 2 is 2.18 bits per heavy atom. The maximum Gasteiger partial charge on any atom is 0.0371 e. The molecule has 17 heavy (non-hydrogen) atoms. The van der Waals surface area contributed by atoms with Gasteiger partial charge in [0.1, 0.15) is 0 Å². The van der Waals surface area contributed by atoms with Crippen LogP contribution in [0.25, 0.3) is 0 Å². The van der Waals surface area contributed by atoms with E-state index < -0.39 is 0 Å². The van der Waals surface area contributed by atoms with Gasteiger partial charge in [-0.3, -0.25) is 0 Å². The summed E-state index contributed by atoms with van der Waals surface area (Å²) in [5.41, 5.74) is 9.69. The number of hydrogen-bond donors (Lipinski definition) is 1. The average Bonchev–Trinajstić information content (AvgIpc) is 2.38. The molecule has 1 aliphatic rings. The summed E-state index contributed by atoms with van der Waals surface area (Å²) in [4.78, 5) is 2.58. The van der Waals surface area contributed by atoms with Gasteiger partial charge in [0.2, 0.25) is 0 Å². The minimum Gasteiger partial charge on any atom is -0.369 e. The Morgan fingerprint density at radius 3 is 2.82 bits per heavy atom. The highest BCUT2D eigenvalue weighted by molar-refractivity contribution is 5.52. The van der Waals surface area contributed by atoms with Crippen molar-refractivity contribution < 1.29 is 0 Å². The molecule has 1 saturated heterocycles. The highest BCUT2D eigenvalue weighted by atomic mass is 15.2. The van der Waals surface area contributed by atoms with Crippen LogP contribution >= 0.6 is 0 Å². The fourth-order valence-electron chi connectivity index (χ4n) is 2.85. The minimum absolute atomic E-state index is 0.642. The van der Waals surface area contributed by atoms with Crippen molar-refractivity contribution in [2.24, 2.45) is 5.73 Å². The smallest absolute Gasteiger partial charge is 0.0371 e. The van der Waals surface area contributed by atoms with E-state index in [9.17, 15) is 0 Å². The van der Waals surface area contributed by atoms with Crippen molar-refractivity contribution in [3.8, 4) is 0 Å². The summed E-state index contributed by atoms with van der Waals surface area (Å²) in [5.74, 6) is 0. The Labute approximate surface area is 105 Å². The van der Waals surface area contributed by atoms with Crippen LogP contribution in [0.15, 0.2) is 18.2 Å². The molecule has 0 radical (unpaired) electrons. The van der Waals surface area contributed by atoms with E-state index in [2.05, 4.69) is 36.9 Å². The first-order valence-corrected chi connectivity index (χ1v) is 6.82. The topological polar surface area (TPSA) is 29.3 Å². The fraction of sp³-hybridized carbons (Fsp3) is 0.600. The number of piperidine rings is 1. The van der Waals surface area contributed by atoms with Crippen molar-refractivity contribution in [3.05, 3.63) is 29.3 Å². The summed E-state index contributed by atoms with van der Waals surface area (Å²) in [6, 6.07) is 7.46. The van der Waals surface area contributed by atoms with E-state index in [-0.39, 0.29) is 0 Å². The summed E-state index contributed by atoms with van der Waals surface area (Å²) >= 11 is 0. The van der Waals surface area contributed by atoms with Crippen molar-refractivity contribution in [2.45, 2.75) is 52.1 Å². The number of nitrogens with two attached hydrogens (primary N) is 1. The zero-order valence-corrected chi connectivity index (χ0v) is 11.1. The van der Waals surface area contributed by atoms with Gasteiger partial charge in [0.25, 0.3) is 0 Å². The number of hydrogen-bond acceptors (Lipinski definition) is 2. The Kier molecular flexibility index (Phi) is 4.06. The molecule has 1 aromatic carbocycles. The van der Waals surface area contributed by atoms with Crippen LogP contribution in [0, 0.1) is 6.92 Å². The molecule has 2 N–H and O–H groups in total. The van der Waals surface area contributed by atoms with Gasteiger partial charge in [0.05, 0.1) is 0 Å². The zero-order valence-electron chi connectivity index (χ0n) is 11.1. The third kappa shape index (κ3) is 2.63. The highest BCUT2D eigenvalue weighted by Crippen LogP contribution is 2.27. The van der Waals surface area contributed by atoms with Crippen molar-refractivity contribution in [1.82, 2.24) is 0 Å². The van der Waals surface area contributed by atoms with Crippen LogP contribution < -0.4 is 10.6 Å². The molecule has 1 unspecified atom stereocenters. The van der Waals surface area contributed by atoms with Gasteiger partial charge in [-0.2, -0.15) is 0 Å². The normalized spacial score (nSPS) is 20.6. The van der Waals surface area contributed by atoms with Crippen molar-refractivity contribution >= 4 is 5.69 Å². The molecule has 1 aromatic rings. The van der Waals surface area contributed by atoms with Crippen LogP contribution in [-0.4, -0.2) is 12.6 Å². The molecule has 0 saturated carbocycles. The molecule has 1 atom stereocenters. The molecule has 2 heteroatoms. The van der Waals surface area contributed by atoms with E-state index in [0.29, 0.717) is 6.54 Å². The van der Waals surface area contributed by atoms with Gasteiger partial charge in [-0.1, -0.05) is 13.0 Å². The molecule has 2 rings (SSSR count). The number of anilines is 1. The molecule has 0 amide bonds. The third-order valence-electron chi connectivity index (χ3n) is 3.98. The summed E-state index contributed by atoms with van der Waals surface area (Å²) in [6.07, 6.45) is 5.30. The second-order valence-electron chi connectivity index (χ2n) is 5.07. The number of rotatable bonds is 3. The monoisotopic (exact) mass is 232 g/mol. The third-order valence-corrected chi connectivity index (χ3v) is 3.98.